The van der Waals surface area contributed by atoms with Crippen molar-refractivity contribution >= 4 is 11.6 Å². The van der Waals surface area contributed by atoms with E-state index in [-0.39, 0.29) is 0 Å². The Morgan fingerprint density at radius 2 is 2.00 bits per heavy atom. The van der Waals surface area contributed by atoms with Gasteiger partial charge in [-0.05, 0) is 38.1 Å². The molecule has 0 aromatic heterocycles. The summed E-state index contributed by atoms with van der Waals surface area (Å²) in [4.78, 5) is 4.74. The third-order valence-corrected chi connectivity index (χ3v) is 4.34. The minimum Gasteiger partial charge on any atom is -0.493 e. The number of rotatable bonds is 7. The predicted octanol–water partition coefficient (Wildman–Crippen LogP) is 2.80. The zero-order chi connectivity index (χ0) is 15.9. The third kappa shape index (κ3) is 5.13. The van der Waals surface area contributed by atoms with Gasteiger partial charge in [0.05, 0.1) is 12.7 Å². The van der Waals surface area contributed by atoms with Crippen molar-refractivity contribution in [3.8, 4) is 5.75 Å². The molecular weight excluding hydrogens is 300 g/mol. The Morgan fingerprint density at radius 1 is 1.27 bits per heavy atom. The van der Waals surface area contributed by atoms with E-state index in [9.17, 15) is 5.11 Å². The van der Waals surface area contributed by atoms with Crippen LogP contribution in [-0.4, -0.2) is 61.3 Å². The molecule has 1 atom stereocenters. The summed E-state index contributed by atoms with van der Waals surface area (Å²) in [5.74, 6) is 0.747. The molecule has 0 saturated carbocycles. The highest BCUT2D eigenvalue weighted by Crippen LogP contribution is 2.30. The van der Waals surface area contributed by atoms with Gasteiger partial charge in [0.25, 0.3) is 0 Å². The van der Waals surface area contributed by atoms with Crippen molar-refractivity contribution in [1.82, 2.24) is 9.80 Å². The average Bonchev–Trinajstić information content (AvgIpc) is 2.53. The number of aliphatic hydroxyl groups is 1. The fraction of sp³-hybridized carbons (Fsp3) is 0.647. The molecule has 5 heteroatoms. The molecule has 0 radical (unpaired) electrons. The van der Waals surface area contributed by atoms with E-state index in [4.69, 9.17) is 16.3 Å². The van der Waals surface area contributed by atoms with Crippen LogP contribution in [-0.2, 0) is 0 Å². The lowest BCUT2D eigenvalue weighted by Crippen LogP contribution is -2.44. The Bertz CT molecular complexity index is 462. The second-order valence-corrected chi connectivity index (χ2v) is 6.42. The summed E-state index contributed by atoms with van der Waals surface area (Å²) in [5.41, 5.74) is 0.801. The monoisotopic (exact) mass is 326 g/mol. The predicted molar refractivity (Wildman–Crippen MR) is 90.8 cm³/mol. The molecule has 124 valence electrons. The minimum atomic E-state index is -0.537. The first-order valence-electron chi connectivity index (χ1n) is 8.11. The van der Waals surface area contributed by atoms with E-state index in [1.165, 1.54) is 0 Å². The van der Waals surface area contributed by atoms with Gasteiger partial charge >= 0.3 is 0 Å². The molecule has 22 heavy (non-hydrogen) atoms. The van der Waals surface area contributed by atoms with Crippen LogP contribution in [0.2, 0.25) is 5.02 Å². The van der Waals surface area contributed by atoms with Crippen LogP contribution in [0.4, 0.5) is 0 Å². The number of hydrogen-bond donors (Lipinski definition) is 1. The molecule has 1 aromatic rings. The molecule has 1 heterocycles. The molecule has 1 aromatic carbocycles. The van der Waals surface area contributed by atoms with E-state index in [1.807, 2.05) is 18.2 Å². The number of ether oxygens (including phenoxy) is 1. The molecule has 0 amide bonds. The average molecular weight is 327 g/mol. The number of piperazine rings is 1. The van der Waals surface area contributed by atoms with Gasteiger partial charge in [0.15, 0.2) is 0 Å². The third-order valence-electron chi connectivity index (χ3n) is 4.11. The molecule has 1 unspecified atom stereocenters. The summed E-state index contributed by atoms with van der Waals surface area (Å²) in [7, 11) is 2.15. The first-order valence-corrected chi connectivity index (χ1v) is 8.49. The van der Waals surface area contributed by atoms with E-state index in [0.717, 1.165) is 50.5 Å². The van der Waals surface area contributed by atoms with Crippen LogP contribution in [0, 0.1) is 0 Å². The van der Waals surface area contributed by atoms with Gasteiger partial charge in [0, 0.05) is 43.3 Å². The maximum Gasteiger partial charge on any atom is 0.125 e. The number of aliphatic hydroxyl groups excluding tert-OH is 1. The highest BCUT2D eigenvalue weighted by Gasteiger charge is 2.18. The molecule has 2 rings (SSSR count). The van der Waals surface area contributed by atoms with E-state index >= 15 is 0 Å². The van der Waals surface area contributed by atoms with Crippen molar-refractivity contribution in [3.05, 3.63) is 28.8 Å². The zero-order valence-corrected chi connectivity index (χ0v) is 14.4. The van der Waals surface area contributed by atoms with E-state index in [2.05, 4.69) is 23.8 Å². The number of nitrogens with zero attached hydrogens (tertiary/aromatic N) is 2. The standard InChI is InChI=1S/C17H27ClN2O2/c1-3-12-22-17-5-4-14(18)13-15(17)16(21)6-7-20-10-8-19(2)9-11-20/h4-5,13,16,21H,3,6-12H2,1-2H3. The summed E-state index contributed by atoms with van der Waals surface area (Å²) in [6.45, 7) is 7.94. The minimum absolute atomic E-state index is 0.537. The van der Waals surface area contributed by atoms with Crippen molar-refractivity contribution in [1.29, 1.82) is 0 Å². The van der Waals surface area contributed by atoms with Crippen LogP contribution in [0.5, 0.6) is 5.75 Å². The molecule has 0 bridgehead atoms. The van der Waals surface area contributed by atoms with Crippen LogP contribution in [0.1, 0.15) is 31.4 Å². The summed E-state index contributed by atoms with van der Waals surface area (Å²) in [5, 5.41) is 11.2. The number of halogens is 1. The molecule has 1 saturated heterocycles. The van der Waals surface area contributed by atoms with Gasteiger partial charge in [0.2, 0.25) is 0 Å². The summed E-state index contributed by atoms with van der Waals surface area (Å²) in [6, 6.07) is 5.48. The van der Waals surface area contributed by atoms with Crippen LogP contribution < -0.4 is 4.74 Å². The summed E-state index contributed by atoms with van der Waals surface area (Å²) in [6.07, 6.45) is 1.11. The topological polar surface area (TPSA) is 35.9 Å². The largest absolute Gasteiger partial charge is 0.493 e. The first-order chi connectivity index (χ1) is 10.6. The van der Waals surface area contributed by atoms with Gasteiger partial charge in [-0.1, -0.05) is 18.5 Å². The van der Waals surface area contributed by atoms with Gasteiger partial charge in [0.1, 0.15) is 5.75 Å². The molecule has 4 nitrogen and oxygen atoms in total. The molecule has 1 fully saturated rings. The quantitative estimate of drug-likeness (QED) is 0.836. The van der Waals surface area contributed by atoms with Crippen molar-refractivity contribution < 1.29 is 9.84 Å². The second kappa shape index (κ2) is 8.73. The Kier molecular flexibility index (Phi) is 6.96. The normalized spacial score (nSPS) is 18.4. The Labute approximate surface area is 138 Å². The van der Waals surface area contributed by atoms with Crippen LogP contribution in [0.3, 0.4) is 0 Å². The van der Waals surface area contributed by atoms with Crippen LogP contribution in [0.15, 0.2) is 18.2 Å². The molecule has 1 aliphatic heterocycles. The van der Waals surface area contributed by atoms with Crippen molar-refractivity contribution in [3.63, 3.8) is 0 Å². The highest BCUT2D eigenvalue weighted by atomic mass is 35.5. The Morgan fingerprint density at radius 3 is 2.68 bits per heavy atom. The smallest absolute Gasteiger partial charge is 0.125 e. The van der Waals surface area contributed by atoms with Gasteiger partial charge in [-0.3, -0.25) is 0 Å². The maximum atomic E-state index is 10.5. The van der Waals surface area contributed by atoms with Crippen molar-refractivity contribution in [2.24, 2.45) is 0 Å². The molecule has 0 aliphatic carbocycles. The second-order valence-electron chi connectivity index (χ2n) is 5.98. The molecular formula is C17H27ClN2O2. The summed E-state index contributed by atoms with van der Waals surface area (Å²) >= 11 is 6.08. The number of hydrogen-bond acceptors (Lipinski definition) is 4. The number of likely N-dealkylation sites (N-methyl/N-ethyl adjacent to an activating group) is 1. The van der Waals surface area contributed by atoms with Gasteiger partial charge in [-0.25, -0.2) is 0 Å². The van der Waals surface area contributed by atoms with Crippen LogP contribution >= 0.6 is 11.6 Å². The van der Waals surface area contributed by atoms with Gasteiger partial charge in [-0.15, -0.1) is 0 Å². The van der Waals surface area contributed by atoms with Crippen molar-refractivity contribution in [2.75, 3.05) is 46.4 Å². The van der Waals surface area contributed by atoms with Crippen LogP contribution in [0.25, 0.3) is 0 Å². The summed E-state index contributed by atoms with van der Waals surface area (Å²) < 4.78 is 5.73. The lowest BCUT2D eigenvalue weighted by atomic mass is 10.0. The fourth-order valence-corrected chi connectivity index (χ4v) is 2.84. The lowest BCUT2D eigenvalue weighted by Gasteiger charge is -2.32. The van der Waals surface area contributed by atoms with Gasteiger partial charge < -0.3 is 19.6 Å². The SMILES string of the molecule is CCCOc1ccc(Cl)cc1C(O)CCN1CCN(C)CC1. The maximum absolute atomic E-state index is 10.5. The molecule has 1 aliphatic rings. The zero-order valence-electron chi connectivity index (χ0n) is 13.6. The number of benzene rings is 1. The fourth-order valence-electron chi connectivity index (χ4n) is 2.66. The molecule has 1 N–H and O–H groups in total. The van der Waals surface area contributed by atoms with E-state index < -0.39 is 6.10 Å². The van der Waals surface area contributed by atoms with E-state index in [1.54, 1.807) is 0 Å². The molecule has 0 spiro atoms. The van der Waals surface area contributed by atoms with Crippen molar-refractivity contribution in [2.45, 2.75) is 25.9 Å². The van der Waals surface area contributed by atoms with E-state index in [0.29, 0.717) is 18.1 Å². The Hall–Kier alpha value is -0.810. The first kappa shape index (κ1) is 17.5. The van der Waals surface area contributed by atoms with Gasteiger partial charge in [-0.2, -0.15) is 0 Å². The Balaban J connectivity index is 1.93. The lowest BCUT2D eigenvalue weighted by molar-refractivity contribution is 0.111. The highest BCUT2D eigenvalue weighted by molar-refractivity contribution is 6.30.